The van der Waals surface area contributed by atoms with E-state index in [0.29, 0.717) is 25.0 Å². The Kier molecular flexibility index (Phi) is 3.57. The van der Waals surface area contributed by atoms with Crippen molar-refractivity contribution in [3.05, 3.63) is 23.8 Å². The number of aliphatic carboxylic acids is 1. The Bertz CT molecular complexity index is 461. The first-order chi connectivity index (χ1) is 9.12. The number of ether oxygens (including phenoxy) is 1. The number of carbonyl (C=O) groups is 1. The van der Waals surface area contributed by atoms with Gasteiger partial charge in [0.1, 0.15) is 11.2 Å². The Labute approximate surface area is 118 Å². The zero-order valence-electron chi connectivity index (χ0n) is 12.1. The van der Waals surface area contributed by atoms with Crippen LogP contribution in [-0.2, 0) is 9.53 Å². The molecule has 2 fully saturated rings. The second-order valence-corrected chi connectivity index (χ2v) is 6.47. The van der Waals surface area contributed by atoms with Gasteiger partial charge in [0.2, 0.25) is 0 Å². The zero-order valence-corrected chi connectivity index (χ0v) is 12.1. The minimum atomic E-state index is -1.22. The quantitative estimate of drug-likeness (QED) is 0.536. The lowest BCUT2D eigenvalue weighted by molar-refractivity contribution is -0.150. The maximum absolute atomic E-state index is 11.1. The lowest BCUT2D eigenvalue weighted by atomic mass is 9.59. The van der Waals surface area contributed by atoms with Gasteiger partial charge in [-0.2, -0.15) is 0 Å². The predicted molar refractivity (Wildman–Crippen MR) is 73.2 cm³/mol. The minimum Gasteiger partial charge on any atom is -0.478 e. The van der Waals surface area contributed by atoms with E-state index in [0.717, 1.165) is 6.08 Å². The van der Waals surface area contributed by atoms with E-state index in [-0.39, 0.29) is 0 Å². The van der Waals surface area contributed by atoms with Crippen LogP contribution in [0.25, 0.3) is 0 Å². The van der Waals surface area contributed by atoms with Crippen LogP contribution in [0.5, 0.6) is 0 Å². The molecule has 2 rings (SSSR count). The van der Waals surface area contributed by atoms with Crippen LogP contribution >= 0.6 is 0 Å². The summed E-state index contributed by atoms with van der Waals surface area (Å²) in [5, 5.41) is 29.7. The molecule has 20 heavy (non-hydrogen) atoms. The SMILES string of the molecule is CC(=C/C(=O)O)/C=C/[C@]1(O)[C@]2(C)CO[C@@]1(C)C[C@@H](O)C2. The summed E-state index contributed by atoms with van der Waals surface area (Å²) >= 11 is 0. The van der Waals surface area contributed by atoms with Gasteiger partial charge in [0.15, 0.2) is 0 Å². The van der Waals surface area contributed by atoms with E-state index in [1.54, 1.807) is 26.0 Å². The van der Waals surface area contributed by atoms with E-state index < -0.39 is 28.7 Å². The molecule has 0 radical (unpaired) electrons. The maximum atomic E-state index is 11.1. The molecule has 4 atom stereocenters. The van der Waals surface area contributed by atoms with Crippen LogP contribution in [-0.4, -0.2) is 45.2 Å². The summed E-state index contributed by atoms with van der Waals surface area (Å²) in [7, 11) is 0. The van der Waals surface area contributed by atoms with Gasteiger partial charge in [-0.25, -0.2) is 4.79 Å². The topological polar surface area (TPSA) is 87.0 Å². The third-order valence-electron chi connectivity index (χ3n) is 4.69. The summed E-state index contributed by atoms with van der Waals surface area (Å²) in [6, 6.07) is 0. The molecule has 0 amide bonds. The molecule has 1 saturated heterocycles. The van der Waals surface area contributed by atoms with E-state index in [2.05, 4.69) is 0 Å². The Hall–Kier alpha value is -1.17. The summed E-state index contributed by atoms with van der Waals surface area (Å²) in [6.07, 6.45) is 4.66. The number of hydrogen-bond donors (Lipinski definition) is 3. The van der Waals surface area contributed by atoms with Crippen molar-refractivity contribution in [3.8, 4) is 0 Å². The zero-order chi connectivity index (χ0) is 15.2. The van der Waals surface area contributed by atoms with Crippen LogP contribution in [0.3, 0.4) is 0 Å². The van der Waals surface area contributed by atoms with E-state index in [1.807, 2.05) is 6.92 Å². The van der Waals surface area contributed by atoms with Crippen LogP contribution < -0.4 is 0 Å². The molecule has 5 nitrogen and oxygen atoms in total. The second-order valence-electron chi connectivity index (χ2n) is 6.47. The number of allylic oxidation sites excluding steroid dienone is 2. The van der Waals surface area contributed by atoms with E-state index in [9.17, 15) is 15.0 Å². The molecule has 2 aliphatic rings. The van der Waals surface area contributed by atoms with Crippen molar-refractivity contribution >= 4 is 5.97 Å². The summed E-state index contributed by atoms with van der Waals surface area (Å²) in [5.74, 6) is -1.02. The number of carboxylic acid groups (broad SMARTS) is 1. The van der Waals surface area contributed by atoms with E-state index in [1.165, 1.54) is 0 Å². The monoisotopic (exact) mass is 282 g/mol. The van der Waals surface area contributed by atoms with Gasteiger partial charge in [0, 0.05) is 17.9 Å². The van der Waals surface area contributed by atoms with Gasteiger partial charge in [-0.3, -0.25) is 0 Å². The average molecular weight is 282 g/mol. The number of fused-ring (bicyclic) bond motifs is 2. The highest BCUT2D eigenvalue weighted by atomic mass is 16.5. The van der Waals surface area contributed by atoms with Gasteiger partial charge >= 0.3 is 5.97 Å². The predicted octanol–water partition coefficient (Wildman–Crippen LogP) is 1.25. The normalized spacial score (nSPS) is 45.0. The van der Waals surface area contributed by atoms with Crippen LogP contribution in [0.2, 0.25) is 0 Å². The summed E-state index contributed by atoms with van der Waals surface area (Å²) in [6.45, 7) is 5.73. The van der Waals surface area contributed by atoms with Crippen molar-refractivity contribution < 1.29 is 24.9 Å². The standard InChI is InChI=1S/C15H22O5/c1-10(6-12(17)18)4-5-15(19)13(2)7-11(16)8-14(15,3)20-9-13/h4-6,11,16,19H,7-9H2,1-3H3,(H,17,18)/b5-4+,10-6-/t11-,13-,14-,15-/m0/s1. The van der Waals surface area contributed by atoms with Gasteiger partial charge < -0.3 is 20.1 Å². The van der Waals surface area contributed by atoms with Gasteiger partial charge in [0.05, 0.1) is 12.7 Å². The Balaban J connectivity index is 2.34. The van der Waals surface area contributed by atoms with Gasteiger partial charge in [-0.15, -0.1) is 0 Å². The van der Waals surface area contributed by atoms with E-state index >= 15 is 0 Å². The fourth-order valence-corrected chi connectivity index (χ4v) is 3.52. The lowest BCUT2D eigenvalue weighted by Gasteiger charge is -2.49. The number of carboxylic acids is 1. The Morgan fingerprint density at radius 3 is 2.55 bits per heavy atom. The smallest absolute Gasteiger partial charge is 0.328 e. The molecule has 3 N–H and O–H groups in total. The van der Waals surface area contributed by atoms with Crippen LogP contribution in [0.4, 0.5) is 0 Å². The molecule has 0 aromatic carbocycles. The second kappa shape index (κ2) is 4.69. The van der Waals surface area contributed by atoms with Gasteiger partial charge in [0.25, 0.3) is 0 Å². The number of aliphatic hydroxyl groups excluding tert-OH is 1. The van der Waals surface area contributed by atoms with Crippen molar-refractivity contribution in [1.82, 2.24) is 0 Å². The molecule has 2 bridgehead atoms. The first kappa shape index (κ1) is 15.2. The minimum absolute atomic E-state index is 0.366. The molecular formula is C15H22O5. The van der Waals surface area contributed by atoms with Crippen molar-refractivity contribution in [2.24, 2.45) is 5.41 Å². The molecule has 1 heterocycles. The van der Waals surface area contributed by atoms with Crippen LogP contribution in [0.1, 0.15) is 33.6 Å². The van der Waals surface area contributed by atoms with E-state index in [4.69, 9.17) is 9.84 Å². The van der Waals surface area contributed by atoms with Crippen molar-refractivity contribution in [2.45, 2.75) is 50.9 Å². The highest BCUT2D eigenvalue weighted by Gasteiger charge is 2.67. The van der Waals surface area contributed by atoms with Gasteiger partial charge in [-0.1, -0.05) is 13.0 Å². The summed E-state index contributed by atoms with van der Waals surface area (Å²) in [4.78, 5) is 10.6. The largest absolute Gasteiger partial charge is 0.478 e. The number of rotatable bonds is 3. The molecule has 0 aromatic heterocycles. The van der Waals surface area contributed by atoms with Crippen LogP contribution in [0.15, 0.2) is 23.8 Å². The third-order valence-corrected chi connectivity index (χ3v) is 4.69. The fraction of sp³-hybridized carbons (Fsp3) is 0.667. The van der Waals surface area contributed by atoms with Crippen molar-refractivity contribution in [2.75, 3.05) is 6.61 Å². The first-order valence-corrected chi connectivity index (χ1v) is 6.77. The fourth-order valence-electron chi connectivity index (χ4n) is 3.52. The third kappa shape index (κ3) is 2.20. The molecule has 0 unspecified atom stereocenters. The maximum Gasteiger partial charge on any atom is 0.328 e. The lowest BCUT2D eigenvalue weighted by Crippen LogP contribution is -2.60. The molecule has 0 aromatic rings. The van der Waals surface area contributed by atoms with Crippen molar-refractivity contribution in [3.63, 3.8) is 0 Å². The Morgan fingerprint density at radius 1 is 1.35 bits per heavy atom. The van der Waals surface area contributed by atoms with Crippen molar-refractivity contribution in [1.29, 1.82) is 0 Å². The molecule has 112 valence electrons. The molecule has 1 aliphatic heterocycles. The molecular weight excluding hydrogens is 260 g/mol. The Morgan fingerprint density at radius 2 is 2.00 bits per heavy atom. The highest BCUT2D eigenvalue weighted by molar-refractivity contribution is 5.81. The molecule has 5 heteroatoms. The van der Waals surface area contributed by atoms with Gasteiger partial charge in [-0.05, 0) is 31.9 Å². The highest BCUT2D eigenvalue weighted by Crippen LogP contribution is 2.57. The summed E-state index contributed by atoms with van der Waals surface area (Å²) in [5.41, 5.74) is -2.09. The molecule has 1 saturated carbocycles. The first-order valence-electron chi connectivity index (χ1n) is 6.77. The molecule has 1 aliphatic carbocycles. The molecule has 0 spiro atoms. The summed E-state index contributed by atoms with van der Waals surface area (Å²) < 4.78 is 5.77. The number of hydrogen-bond acceptors (Lipinski definition) is 4. The van der Waals surface area contributed by atoms with Crippen LogP contribution in [0, 0.1) is 5.41 Å². The average Bonchev–Trinajstić information content (AvgIpc) is 2.43. The number of aliphatic hydroxyl groups is 2.